The van der Waals surface area contributed by atoms with Crippen LogP contribution in [0.4, 0.5) is 0 Å². The minimum Gasteiger partial charge on any atom is -0.496 e. The molecule has 0 aliphatic carbocycles. The maximum absolute atomic E-state index is 12.6. The average molecular weight is 385 g/mol. The van der Waals surface area contributed by atoms with Crippen molar-refractivity contribution in [2.45, 2.75) is 6.54 Å². The molecule has 1 amide bonds. The van der Waals surface area contributed by atoms with Gasteiger partial charge in [-0.25, -0.2) is 0 Å². The third kappa shape index (κ3) is 4.16. The number of carbonyl (C=O) groups excluding carboxylic acids is 1. The predicted octanol–water partition coefficient (Wildman–Crippen LogP) is 4.34. The Bertz CT molecular complexity index is 1120. The van der Waals surface area contributed by atoms with E-state index < -0.39 is 0 Å². The maximum Gasteiger partial charge on any atom is 0.258 e. The summed E-state index contributed by atoms with van der Waals surface area (Å²) >= 11 is 0. The van der Waals surface area contributed by atoms with Gasteiger partial charge in [0.15, 0.2) is 0 Å². The zero-order valence-corrected chi connectivity index (χ0v) is 15.8. The van der Waals surface area contributed by atoms with E-state index in [0.717, 1.165) is 16.9 Å². The molecule has 1 aromatic heterocycles. The molecule has 4 aromatic rings. The first kappa shape index (κ1) is 18.4. The fourth-order valence-corrected chi connectivity index (χ4v) is 2.97. The summed E-state index contributed by atoms with van der Waals surface area (Å²) in [7, 11) is 1.61. The Balaban J connectivity index is 1.50. The lowest BCUT2D eigenvalue weighted by Gasteiger charge is -2.09. The van der Waals surface area contributed by atoms with Gasteiger partial charge in [0.2, 0.25) is 5.82 Å². The molecule has 3 aromatic carbocycles. The largest absolute Gasteiger partial charge is 0.496 e. The normalized spacial score (nSPS) is 10.5. The molecule has 1 heterocycles. The van der Waals surface area contributed by atoms with E-state index in [9.17, 15) is 4.79 Å². The second-order valence-electron chi connectivity index (χ2n) is 6.36. The molecule has 0 fully saturated rings. The summed E-state index contributed by atoms with van der Waals surface area (Å²) in [5.74, 6) is 1.41. The SMILES string of the molecule is COc1ccccc1CNC(=O)c1cccc(-c2nc(-c3ccccc3)no2)c1. The van der Waals surface area contributed by atoms with Crippen molar-refractivity contribution in [3.8, 4) is 28.6 Å². The van der Waals surface area contributed by atoms with Crippen LogP contribution in [0.25, 0.3) is 22.8 Å². The highest BCUT2D eigenvalue weighted by molar-refractivity contribution is 5.95. The van der Waals surface area contributed by atoms with Crippen molar-refractivity contribution in [3.05, 3.63) is 90.0 Å². The van der Waals surface area contributed by atoms with Gasteiger partial charge in [0, 0.05) is 28.8 Å². The highest BCUT2D eigenvalue weighted by atomic mass is 16.5. The van der Waals surface area contributed by atoms with E-state index in [-0.39, 0.29) is 5.91 Å². The smallest absolute Gasteiger partial charge is 0.258 e. The molecular weight excluding hydrogens is 366 g/mol. The second kappa shape index (κ2) is 8.39. The molecule has 6 nitrogen and oxygen atoms in total. The number of methoxy groups -OCH3 is 1. The van der Waals surface area contributed by atoms with Crippen LogP contribution in [0.15, 0.2) is 83.4 Å². The van der Waals surface area contributed by atoms with E-state index >= 15 is 0 Å². The number of carbonyl (C=O) groups is 1. The fourth-order valence-electron chi connectivity index (χ4n) is 2.97. The van der Waals surface area contributed by atoms with Crippen LogP contribution in [-0.4, -0.2) is 23.2 Å². The van der Waals surface area contributed by atoms with Gasteiger partial charge in [0.05, 0.1) is 7.11 Å². The molecule has 0 aliphatic rings. The highest BCUT2D eigenvalue weighted by Gasteiger charge is 2.13. The van der Waals surface area contributed by atoms with Gasteiger partial charge in [0.25, 0.3) is 11.8 Å². The Labute approximate surface area is 168 Å². The quantitative estimate of drug-likeness (QED) is 0.534. The number of nitrogens with one attached hydrogen (secondary N) is 1. The van der Waals surface area contributed by atoms with Crippen LogP contribution in [0.3, 0.4) is 0 Å². The van der Waals surface area contributed by atoms with Crippen molar-refractivity contribution in [1.82, 2.24) is 15.5 Å². The topological polar surface area (TPSA) is 77.2 Å². The molecule has 0 bridgehead atoms. The number of benzene rings is 3. The van der Waals surface area contributed by atoms with Gasteiger partial charge in [-0.3, -0.25) is 4.79 Å². The monoisotopic (exact) mass is 385 g/mol. The van der Waals surface area contributed by atoms with Crippen LogP contribution in [-0.2, 0) is 6.54 Å². The van der Waals surface area contributed by atoms with Crippen molar-refractivity contribution < 1.29 is 14.1 Å². The molecule has 0 aliphatic heterocycles. The fraction of sp³-hybridized carbons (Fsp3) is 0.0870. The molecule has 0 spiro atoms. The summed E-state index contributed by atoms with van der Waals surface area (Å²) in [6.07, 6.45) is 0. The van der Waals surface area contributed by atoms with E-state index in [1.807, 2.05) is 60.7 Å². The van der Waals surface area contributed by atoms with Gasteiger partial charge in [0.1, 0.15) is 5.75 Å². The van der Waals surface area contributed by atoms with Gasteiger partial charge in [-0.1, -0.05) is 59.8 Å². The first-order valence-corrected chi connectivity index (χ1v) is 9.14. The van der Waals surface area contributed by atoms with Gasteiger partial charge in [-0.05, 0) is 24.3 Å². The van der Waals surface area contributed by atoms with Gasteiger partial charge in [-0.15, -0.1) is 0 Å². The van der Waals surface area contributed by atoms with Crippen LogP contribution in [0.2, 0.25) is 0 Å². The summed E-state index contributed by atoms with van der Waals surface area (Å²) in [5, 5.41) is 6.95. The van der Waals surface area contributed by atoms with Gasteiger partial charge < -0.3 is 14.6 Å². The Morgan fingerprint density at radius 2 is 1.72 bits per heavy atom. The van der Waals surface area contributed by atoms with Crippen molar-refractivity contribution >= 4 is 5.91 Å². The molecule has 0 atom stereocenters. The highest BCUT2D eigenvalue weighted by Crippen LogP contribution is 2.23. The molecule has 6 heteroatoms. The first-order chi connectivity index (χ1) is 14.2. The van der Waals surface area contributed by atoms with E-state index in [2.05, 4.69) is 15.5 Å². The number of nitrogens with zero attached hydrogens (tertiary/aromatic N) is 2. The van der Waals surface area contributed by atoms with E-state index in [4.69, 9.17) is 9.26 Å². The third-order valence-corrected chi connectivity index (χ3v) is 4.46. The molecule has 144 valence electrons. The number of para-hydroxylation sites is 1. The van der Waals surface area contributed by atoms with Gasteiger partial charge >= 0.3 is 0 Å². The van der Waals surface area contributed by atoms with Crippen LogP contribution in [0, 0.1) is 0 Å². The maximum atomic E-state index is 12.6. The van der Waals surface area contributed by atoms with E-state index in [1.165, 1.54) is 0 Å². The van der Waals surface area contributed by atoms with Crippen LogP contribution < -0.4 is 10.1 Å². The molecule has 1 N–H and O–H groups in total. The number of amides is 1. The molecule has 0 radical (unpaired) electrons. The van der Waals surface area contributed by atoms with Crippen molar-refractivity contribution in [1.29, 1.82) is 0 Å². The van der Waals surface area contributed by atoms with Crippen LogP contribution >= 0.6 is 0 Å². The summed E-state index contributed by atoms with van der Waals surface area (Å²) in [6, 6.07) is 24.3. The molecule has 4 rings (SSSR count). The molecular formula is C23H19N3O3. The van der Waals surface area contributed by atoms with Gasteiger partial charge in [-0.2, -0.15) is 4.98 Å². The molecule has 0 saturated heterocycles. The summed E-state index contributed by atoms with van der Waals surface area (Å²) in [6.45, 7) is 0.367. The number of aromatic nitrogens is 2. The average Bonchev–Trinajstić information content (AvgIpc) is 3.29. The second-order valence-corrected chi connectivity index (χ2v) is 6.36. The Morgan fingerprint density at radius 3 is 2.55 bits per heavy atom. The van der Waals surface area contributed by atoms with Crippen LogP contribution in [0.5, 0.6) is 5.75 Å². The standard InChI is InChI=1S/C23H19N3O3/c1-28-20-13-6-5-10-19(20)15-24-22(27)17-11-7-12-18(14-17)23-25-21(26-29-23)16-8-3-2-4-9-16/h2-14H,15H2,1H3,(H,24,27). The minimum atomic E-state index is -0.194. The number of ether oxygens (including phenoxy) is 1. The molecule has 0 unspecified atom stereocenters. The Hall–Kier alpha value is -3.93. The predicted molar refractivity (Wildman–Crippen MR) is 109 cm³/mol. The van der Waals surface area contributed by atoms with Crippen molar-refractivity contribution in [3.63, 3.8) is 0 Å². The zero-order valence-electron chi connectivity index (χ0n) is 15.8. The Kier molecular flexibility index (Phi) is 5.33. The lowest BCUT2D eigenvalue weighted by atomic mass is 10.1. The summed E-state index contributed by atoms with van der Waals surface area (Å²) < 4.78 is 10.7. The zero-order chi connectivity index (χ0) is 20.1. The Morgan fingerprint density at radius 1 is 0.966 bits per heavy atom. The van der Waals surface area contributed by atoms with Crippen molar-refractivity contribution in [2.75, 3.05) is 7.11 Å². The van der Waals surface area contributed by atoms with E-state index in [1.54, 1.807) is 25.3 Å². The summed E-state index contributed by atoms with van der Waals surface area (Å²) in [5.41, 5.74) is 2.97. The first-order valence-electron chi connectivity index (χ1n) is 9.14. The third-order valence-electron chi connectivity index (χ3n) is 4.46. The number of hydrogen-bond acceptors (Lipinski definition) is 5. The lowest BCUT2D eigenvalue weighted by Crippen LogP contribution is -2.23. The van der Waals surface area contributed by atoms with E-state index in [0.29, 0.717) is 29.4 Å². The minimum absolute atomic E-state index is 0.194. The summed E-state index contributed by atoms with van der Waals surface area (Å²) in [4.78, 5) is 17.1. The number of hydrogen-bond donors (Lipinski definition) is 1. The lowest BCUT2D eigenvalue weighted by molar-refractivity contribution is 0.0950. The molecule has 29 heavy (non-hydrogen) atoms. The molecule has 0 saturated carbocycles. The number of rotatable bonds is 6. The van der Waals surface area contributed by atoms with Crippen molar-refractivity contribution in [2.24, 2.45) is 0 Å². The van der Waals surface area contributed by atoms with Crippen LogP contribution in [0.1, 0.15) is 15.9 Å².